The number of benzene rings is 2. The molecule has 0 atom stereocenters. The van der Waals surface area contributed by atoms with Crippen LogP contribution >= 0.6 is 0 Å². The van der Waals surface area contributed by atoms with Crippen molar-refractivity contribution in [1.82, 2.24) is 4.31 Å². The molecule has 9 nitrogen and oxygen atoms in total. The van der Waals surface area contributed by atoms with Crippen LogP contribution in [0, 0.1) is 0 Å². The number of carbonyl (C=O) groups is 2. The summed E-state index contributed by atoms with van der Waals surface area (Å²) < 4.78 is 33.2. The van der Waals surface area contributed by atoms with Gasteiger partial charge in [0.2, 0.25) is 15.9 Å². The molecule has 186 valence electrons. The molecule has 0 bridgehead atoms. The molecule has 1 N–H and O–H groups in total. The highest BCUT2D eigenvalue weighted by molar-refractivity contribution is 7.89. The molecule has 2 aromatic rings. The van der Waals surface area contributed by atoms with Gasteiger partial charge < -0.3 is 19.9 Å². The predicted molar refractivity (Wildman–Crippen MR) is 133 cm³/mol. The number of hydrogen-bond acceptors (Lipinski definition) is 6. The van der Waals surface area contributed by atoms with Crippen molar-refractivity contribution in [2.24, 2.45) is 0 Å². The Kier molecular flexibility index (Phi) is 6.77. The van der Waals surface area contributed by atoms with E-state index >= 15 is 0 Å². The average Bonchev–Trinajstić information content (AvgIpc) is 3.56. The van der Waals surface area contributed by atoms with Gasteiger partial charge in [-0.15, -0.1) is 0 Å². The Morgan fingerprint density at radius 1 is 0.914 bits per heavy atom. The van der Waals surface area contributed by atoms with Crippen LogP contribution in [0.4, 0.5) is 17.1 Å². The molecule has 3 heterocycles. The van der Waals surface area contributed by atoms with Gasteiger partial charge in [-0.3, -0.25) is 9.59 Å². The zero-order chi connectivity index (χ0) is 24.4. The molecule has 2 amide bonds. The van der Waals surface area contributed by atoms with Crippen LogP contribution in [0.5, 0.6) is 0 Å². The van der Waals surface area contributed by atoms with Gasteiger partial charge in [-0.2, -0.15) is 4.31 Å². The summed E-state index contributed by atoms with van der Waals surface area (Å²) >= 11 is 0. The van der Waals surface area contributed by atoms with E-state index in [4.69, 9.17) is 4.74 Å². The number of amides is 2. The molecular weight excluding hydrogens is 468 g/mol. The quantitative estimate of drug-likeness (QED) is 0.658. The predicted octanol–water partition coefficient (Wildman–Crippen LogP) is 2.69. The first-order valence-corrected chi connectivity index (χ1v) is 13.6. The van der Waals surface area contributed by atoms with Crippen LogP contribution in [-0.2, 0) is 19.6 Å². The summed E-state index contributed by atoms with van der Waals surface area (Å²) in [6, 6.07) is 12.0. The minimum absolute atomic E-state index is 0.0748. The third-order valence-electron chi connectivity index (χ3n) is 6.76. The smallest absolute Gasteiger partial charge is 0.257 e. The van der Waals surface area contributed by atoms with Crippen molar-refractivity contribution >= 4 is 38.9 Å². The zero-order valence-corrected chi connectivity index (χ0v) is 20.4. The Balaban J connectivity index is 1.45. The molecule has 35 heavy (non-hydrogen) atoms. The van der Waals surface area contributed by atoms with E-state index in [1.165, 1.54) is 10.4 Å². The van der Waals surface area contributed by atoms with Crippen LogP contribution in [0.25, 0.3) is 0 Å². The molecule has 0 aromatic heterocycles. The van der Waals surface area contributed by atoms with Crippen LogP contribution in [0.1, 0.15) is 36.0 Å². The second-order valence-electron chi connectivity index (χ2n) is 9.04. The normalized spacial score (nSPS) is 19.4. The van der Waals surface area contributed by atoms with E-state index in [-0.39, 0.29) is 16.7 Å². The Bertz CT molecular complexity index is 1220. The van der Waals surface area contributed by atoms with Gasteiger partial charge in [0.15, 0.2) is 0 Å². The van der Waals surface area contributed by atoms with Crippen molar-refractivity contribution in [2.45, 2.75) is 30.6 Å². The highest BCUT2D eigenvalue weighted by Crippen LogP contribution is 2.30. The first-order chi connectivity index (χ1) is 16.9. The zero-order valence-electron chi connectivity index (χ0n) is 19.6. The van der Waals surface area contributed by atoms with Gasteiger partial charge in [-0.05, 0) is 55.7 Å². The Labute approximate surface area is 205 Å². The lowest BCUT2D eigenvalue weighted by molar-refractivity contribution is -0.117. The number of hydrogen-bond donors (Lipinski definition) is 1. The molecular formula is C25H30N4O5S. The standard InChI is InChI=1S/C25H30N4O5S/c30-24-7-4-12-29(24)20-6-3-5-19(17-20)26-25(31)22-18-21(8-9-23(22)27-10-1-2-11-27)35(32,33)28-13-15-34-16-14-28/h3,5-6,8-9,17-18H,1-2,4,7,10-16H2,(H,26,31). The summed E-state index contributed by atoms with van der Waals surface area (Å²) in [7, 11) is -3.74. The van der Waals surface area contributed by atoms with Gasteiger partial charge in [-0.1, -0.05) is 6.07 Å². The van der Waals surface area contributed by atoms with E-state index in [0.717, 1.165) is 43.7 Å². The maximum absolute atomic E-state index is 13.5. The van der Waals surface area contributed by atoms with Crippen molar-refractivity contribution < 1.29 is 22.7 Å². The molecule has 0 saturated carbocycles. The van der Waals surface area contributed by atoms with Gasteiger partial charge in [0, 0.05) is 56.2 Å². The van der Waals surface area contributed by atoms with Crippen molar-refractivity contribution in [1.29, 1.82) is 0 Å². The molecule has 3 aliphatic heterocycles. The van der Waals surface area contributed by atoms with Crippen LogP contribution < -0.4 is 15.1 Å². The van der Waals surface area contributed by atoms with E-state index in [9.17, 15) is 18.0 Å². The molecule has 3 fully saturated rings. The van der Waals surface area contributed by atoms with Gasteiger partial charge in [0.05, 0.1) is 23.7 Å². The monoisotopic (exact) mass is 498 g/mol. The minimum Gasteiger partial charge on any atom is -0.379 e. The van der Waals surface area contributed by atoms with Crippen molar-refractivity contribution in [3.63, 3.8) is 0 Å². The maximum Gasteiger partial charge on any atom is 0.257 e. The highest BCUT2D eigenvalue weighted by Gasteiger charge is 2.29. The Hall–Kier alpha value is -2.95. The Morgan fingerprint density at radius 3 is 2.40 bits per heavy atom. The number of nitrogens with one attached hydrogen (secondary N) is 1. The lowest BCUT2D eigenvalue weighted by Gasteiger charge is -2.27. The summed E-state index contributed by atoms with van der Waals surface area (Å²) in [6.07, 6.45) is 3.40. The van der Waals surface area contributed by atoms with Gasteiger partial charge in [0.1, 0.15) is 0 Å². The van der Waals surface area contributed by atoms with Gasteiger partial charge in [0.25, 0.3) is 5.91 Å². The molecule has 3 saturated heterocycles. The lowest BCUT2D eigenvalue weighted by Crippen LogP contribution is -2.40. The Morgan fingerprint density at radius 2 is 1.69 bits per heavy atom. The second kappa shape index (κ2) is 9.96. The number of anilines is 3. The van der Waals surface area contributed by atoms with E-state index in [1.807, 2.05) is 6.07 Å². The van der Waals surface area contributed by atoms with E-state index in [2.05, 4.69) is 10.2 Å². The largest absolute Gasteiger partial charge is 0.379 e. The van der Waals surface area contributed by atoms with Crippen LogP contribution in [0.2, 0.25) is 0 Å². The summed E-state index contributed by atoms with van der Waals surface area (Å²) in [6.45, 7) is 3.60. The van der Waals surface area contributed by atoms with Crippen molar-refractivity contribution in [3.05, 3.63) is 48.0 Å². The number of rotatable bonds is 6. The topological polar surface area (TPSA) is 99.3 Å². The van der Waals surface area contributed by atoms with Crippen LogP contribution in [0.15, 0.2) is 47.4 Å². The van der Waals surface area contributed by atoms with E-state index in [0.29, 0.717) is 50.5 Å². The summed E-state index contributed by atoms with van der Waals surface area (Å²) in [5.41, 5.74) is 2.35. The molecule has 3 aliphatic rings. The highest BCUT2D eigenvalue weighted by atomic mass is 32.2. The molecule has 0 unspecified atom stereocenters. The maximum atomic E-state index is 13.5. The summed E-state index contributed by atoms with van der Waals surface area (Å²) in [5, 5.41) is 2.93. The fraction of sp³-hybridized carbons (Fsp3) is 0.440. The summed E-state index contributed by atoms with van der Waals surface area (Å²) in [4.78, 5) is 29.6. The molecule has 10 heteroatoms. The van der Waals surface area contributed by atoms with Gasteiger partial charge >= 0.3 is 0 Å². The fourth-order valence-corrected chi connectivity index (χ4v) is 6.33. The van der Waals surface area contributed by atoms with Crippen molar-refractivity contribution in [3.8, 4) is 0 Å². The van der Waals surface area contributed by atoms with Crippen molar-refractivity contribution in [2.75, 3.05) is 61.1 Å². The average molecular weight is 499 g/mol. The number of ether oxygens (including phenoxy) is 1. The first-order valence-electron chi connectivity index (χ1n) is 12.1. The third kappa shape index (κ3) is 4.91. The molecule has 2 aromatic carbocycles. The van der Waals surface area contributed by atoms with E-state index < -0.39 is 10.0 Å². The SMILES string of the molecule is O=C(Nc1cccc(N2CCCC2=O)c1)c1cc(S(=O)(=O)N2CCOCC2)ccc1N1CCCC1. The van der Waals surface area contributed by atoms with Crippen LogP contribution in [0.3, 0.4) is 0 Å². The lowest BCUT2D eigenvalue weighted by atomic mass is 10.1. The third-order valence-corrected chi connectivity index (χ3v) is 8.65. The van der Waals surface area contributed by atoms with Gasteiger partial charge in [-0.25, -0.2) is 8.42 Å². The molecule has 0 radical (unpaired) electrons. The summed E-state index contributed by atoms with van der Waals surface area (Å²) in [5.74, 6) is -0.304. The fourth-order valence-electron chi connectivity index (χ4n) is 4.90. The molecule has 0 aliphatic carbocycles. The molecule has 0 spiro atoms. The van der Waals surface area contributed by atoms with Crippen LogP contribution in [-0.4, -0.2) is 70.5 Å². The number of morpholine rings is 1. The minimum atomic E-state index is -3.74. The molecule has 5 rings (SSSR count). The first kappa shape index (κ1) is 23.8. The second-order valence-corrected chi connectivity index (χ2v) is 11.0. The van der Waals surface area contributed by atoms with E-state index in [1.54, 1.807) is 35.2 Å². The number of nitrogens with zero attached hydrogens (tertiary/aromatic N) is 3. The number of carbonyl (C=O) groups excluding carboxylic acids is 2. The number of sulfonamides is 1.